The van der Waals surface area contributed by atoms with Crippen LogP contribution < -0.4 is 19.7 Å². The molecule has 2 aromatic rings. The van der Waals surface area contributed by atoms with E-state index in [1.54, 1.807) is 18.2 Å². The molecule has 1 heterocycles. The molecule has 0 aromatic heterocycles. The van der Waals surface area contributed by atoms with Gasteiger partial charge in [-0.2, -0.15) is 0 Å². The zero-order valence-electron chi connectivity index (χ0n) is 16.2. The number of halogens is 1. The monoisotopic (exact) mass is 388 g/mol. The number of nitrogens with one attached hydrogen (secondary N) is 1. The molecule has 0 aliphatic carbocycles. The Morgan fingerprint density at radius 1 is 1.11 bits per heavy atom. The van der Waals surface area contributed by atoms with Crippen LogP contribution in [0.25, 0.3) is 0 Å². The Kier molecular flexibility index (Phi) is 6.71. The maximum Gasteiger partial charge on any atom is 0.258 e. The second-order valence-corrected chi connectivity index (χ2v) is 6.22. The lowest BCUT2D eigenvalue weighted by molar-refractivity contribution is 0.102. The highest BCUT2D eigenvalue weighted by molar-refractivity contribution is 6.05. The minimum absolute atomic E-state index is 0.0276. The smallest absolute Gasteiger partial charge is 0.258 e. The fraction of sp³-hybridized carbons (Fsp3) is 0.381. The molecule has 1 saturated heterocycles. The van der Waals surface area contributed by atoms with Gasteiger partial charge in [0.15, 0.2) is 0 Å². The summed E-state index contributed by atoms with van der Waals surface area (Å²) >= 11 is 0. The van der Waals surface area contributed by atoms with Crippen molar-refractivity contribution in [2.45, 2.75) is 13.8 Å². The maximum atomic E-state index is 14.0. The average Bonchev–Trinajstić information content (AvgIpc) is 2.71. The fourth-order valence-electron chi connectivity index (χ4n) is 3.08. The number of hydrogen-bond donors (Lipinski definition) is 1. The summed E-state index contributed by atoms with van der Waals surface area (Å²) in [5.41, 5.74) is 1.30. The first-order chi connectivity index (χ1) is 13.6. The number of hydrogen-bond acceptors (Lipinski definition) is 5. The Hall–Kier alpha value is -2.80. The van der Waals surface area contributed by atoms with Crippen molar-refractivity contribution >= 4 is 17.3 Å². The standard InChI is InChI=1S/C21H25FN2O4/c1-3-27-19-14-18(24-9-11-26-12-10-24)20(28-4-2)13-17(19)23-21(25)15-7-5-6-8-16(15)22/h5-8,13-14H,3-4,9-12H2,1-2H3,(H,23,25). The van der Waals surface area contributed by atoms with Gasteiger partial charge in [-0.25, -0.2) is 4.39 Å². The molecule has 0 bridgehead atoms. The Balaban J connectivity index is 1.95. The van der Waals surface area contributed by atoms with Crippen LogP contribution >= 0.6 is 0 Å². The third kappa shape index (κ3) is 4.54. The van der Waals surface area contributed by atoms with Crippen molar-refractivity contribution in [3.05, 3.63) is 47.8 Å². The van der Waals surface area contributed by atoms with E-state index in [2.05, 4.69) is 10.2 Å². The van der Waals surface area contributed by atoms with Crippen LogP contribution in [0, 0.1) is 5.82 Å². The molecule has 0 spiro atoms. The number of nitrogens with zero attached hydrogens (tertiary/aromatic N) is 1. The Morgan fingerprint density at radius 3 is 2.46 bits per heavy atom. The van der Waals surface area contributed by atoms with Gasteiger partial charge in [0.05, 0.1) is 43.4 Å². The number of anilines is 2. The molecule has 1 fully saturated rings. The van der Waals surface area contributed by atoms with Crippen molar-refractivity contribution in [3.63, 3.8) is 0 Å². The van der Waals surface area contributed by atoms with Gasteiger partial charge in [0, 0.05) is 25.2 Å². The Labute approximate surface area is 164 Å². The van der Waals surface area contributed by atoms with E-state index in [1.807, 2.05) is 19.9 Å². The van der Waals surface area contributed by atoms with Crippen LogP contribution in [0.4, 0.5) is 15.8 Å². The van der Waals surface area contributed by atoms with Crippen LogP contribution in [0.5, 0.6) is 11.5 Å². The molecular formula is C21H25FN2O4. The predicted octanol–water partition coefficient (Wildman–Crippen LogP) is 3.71. The first-order valence-corrected chi connectivity index (χ1v) is 9.46. The van der Waals surface area contributed by atoms with Crippen molar-refractivity contribution in [2.24, 2.45) is 0 Å². The molecule has 1 aliphatic rings. The summed E-state index contributed by atoms with van der Waals surface area (Å²) in [6.45, 7) is 7.44. The minimum Gasteiger partial charge on any atom is -0.492 e. The number of rotatable bonds is 7. The van der Waals surface area contributed by atoms with Crippen LogP contribution in [-0.2, 0) is 4.74 Å². The molecule has 2 aromatic carbocycles. The van der Waals surface area contributed by atoms with Crippen molar-refractivity contribution in [3.8, 4) is 11.5 Å². The SMILES string of the molecule is CCOc1cc(N2CCOCC2)c(OCC)cc1NC(=O)c1ccccc1F. The second-order valence-electron chi connectivity index (χ2n) is 6.22. The van der Waals surface area contributed by atoms with Gasteiger partial charge in [-0.1, -0.05) is 12.1 Å². The van der Waals surface area contributed by atoms with E-state index in [-0.39, 0.29) is 5.56 Å². The van der Waals surface area contributed by atoms with Crippen molar-refractivity contribution in [2.75, 3.05) is 49.7 Å². The van der Waals surface area contributed by atoms with Crippen LogP contribution in [0.15, 0.2) is 36.4 Å². The van der Waals surface area contributed by atoms with Crippen molar-refractivity contribution in [1.29, 1.82) is 0 Å². The molecule has 0 unspecified atom stereocenters. The van der Waals surface area contributed by atoms with E-state index in [1.165, 1.54) is 12.1 Å². The quantitative estimate of drug-likeness (QED) is 0.784. The van der Waals surface area contributed by atoms with E-state index in [9.17, 15) is 9.18 Å². The topological polar surface area (TPSA) is 60.0 Å². The largest absolute Gasteiger partial charge is 0.492 e. The number of carbonyl (C=O) groups excluding carboxylic acids is 1. The summed E-state index contributed by atoms with van der Waals surface area (Å²) in [6.07, 6.45) is 0. The van der Waals surface area contributed by atoms with E-state index in [0.717, 1.165) is 18.8 Å². The van der Waals surface area contributed by atoms with E-state index in [4.69, 9.17) is 14.2 Å². The number of ether oxygens (including phenoxy) is 3. The lowest BCUT2D eigenvalue weighted by Gasteiger charge is -2.31. The normalized spacial score (nSPS) is 13.9. The number of carbonyl (C=O) groups is 1. The van der Waals surface area contributed by atoms with Crippen LogP contribution in [0.3, 0.4) is 0 Å². The summed E-state index contributed by atoms with van der Waals surface area (Å²) in [5, 5.41) is 2.75. The van der Waals surface area contributed by atoms with E-state index >= 15 is 0 Å². The van der Waals surface area contributed by atoms with Gasteiger partial charge < -0.3 is 24.4 Å². The number of morpholine rings is 1. The highest BCUT2D eigenvalue weighted by Gasteiger charge is 2.21. The minimum atomic E-state index is -0.576. The first kappa shape index (κ1) is 19.9. The van der Waals surface area contributed by atoms with E-state index in [0.29, 0.717) is 43.6 Å². The highest BCUT2D eigenvalue weighted by atomic mass is 19.1. The first-order valence-electron chi connectivity index (χ1n) is 9.46. The summed E-state index contributed by atoms with van der Waals surface area (Å²) in [7, 11) is 0. The molecular weight excluding hydrogens is 363 g/mol. The average molecular weight is 388 g/mol. The molecule has 1 aliphatic heterocycles. The molecule has 1 amide bonds. The molecule has 7 heteroatoms. The lowest BCUT2D eigenvalue weighted by Crippen LogP contribution is -2.36. The highest BCUT2D eigenvalue weighted by Crippen LogP contribution is 2.39. The molecule has 150 valence electrons. The van der Waals surface area contributed by atoms with Gasteiger partial charge in [-0.15, -0.1) is 0 Å². The van der Waals surface area contributed by atoms with Gasteiger partial charge in [0.25, 0.3) is 5.91 Å². The van der Waals surface area contributed by atoms with Gasteiger partial charge in [-0.3, -0.25) is 4.79 Å². The maximum absolute atomic E-state index is 14.0. The number of benzene rings is 2. The zero-order valence-corrected chi connectivity index (χ0v) is 16.2. The third-order valence-corrected chi connectivity index (χ3v) is 4.38. The van der Waals surface area contributed by atoms with Crippen LogP contribution in [0.2, 0.25) is 0 Å². The zero-order chi connectivity index (χ0) is 19.9. The van der Waals surface area contributed by atoms with Gasteiger partial charge in [0.2, 0.25) is 0 Å². The Morgan fingerprint density at radius 2 is 1.79 bits per heavy atom. The summed E-state index contributed by atoms with van der Waals surface area (Å²) in [5.74, 6) is 0.0300. The molecule has 28 heavy (non-hydrogen) atoms. The summed E-state index contributed by atoms with van der Waals surface area (Å²) in [6, 6.07) is 9.45. The Bertz CT molecular complexity index is 822. The van der Waals surface area contributed by atoms with E-state index < -0.39 is 11.7 Å². The van der Waals surface area contributed by atoms with Gasteiger partial charge in [0.1, 0.15) is 17.3 Å². The summed E-state index contributed by atoms with van der Waals surface area (Å²) in [4.78, 5) is 14.7. The second kappa shape index (κ2) is 9.41. The molecule has 6 nitrogen and oxygen atoms in total. The van der Waals surface area contributed by atoms with Gasteiger partial charge >= 0.3 is 0 Å². The molecule has 3 rings (SSSR count). The van der Waals surface area contributed by atoms with Gasteiger partial charge in [-0.05, 0) is 26.0 Å². The lowest BCUT2D eigenvalue weighted by atomic mass is 10.1. The molecule has 0 saturated carbocycles. The van der Waals surface area contributed by atoms with Crippen molar-refractivity contribution in [1.82, 2.24) is 0 Å². The van der Waals surface area contributed by atoms with Crippen molar-refractivity contribution < 1.29 is 23.4 Å². The number of amides is 1. The predicted molar refractivity (Wildman–Crippen MR) is 106 cm³/mol. The molecule has 0 atom stereocenters. The van der Waals surface area contributed by atoms with Crippen LogP contribution in [0.1, 0.15) is 24.2 Å². The summed E-state index contributed by atoms with van der Waals surface area (Å²) < 4.78 is 31.0. The van der Waals surface area contributed by atoms with Crippen LogP contribution in [-0.4, -0.2) is 45.4 Å². The fourth-order valence-corrected chi connectivity index (χ4v) is 3.08. The third-order valence-electron chi connectivity index (χ3n) is 4.38. The molecule has 0 radical (unpaired) electrons. The molecule has 1 N–H and O–H groups in total.